The predicted molar refractivity (Wildman–Crippen MR) is 160 cm³/mol. The second-order valence-electron chi connectivity index (χ2n) is 10.1. The molecule has 1 amide bonds. The summed E-state index contributed by atoms with van der Waals surface area (Å²) in [5, 5.41) is 3.71. The van der Waals surface area contributed by atoms with E-state index in [-0.39, 0.29) is 5.91 Å². The van der Waals surface area contributed by atoms with Gasteiger partial charge in [0.2, 0.25) is 0 Å². The minimum atomic E-state index is -0.0362. The van der Waals surface area contributed by atoms with Crippen molar-refractivity contribution < 1.29 is 9.53 Å². The van der Waals surface area contributed by atoms with Crippen molar-refractivity contribution >= 4 is 29.6 Å². The molecule has 0 bridgehead atoms. The van der Waals surface area contributed by atoms with Gasteiger partial charge in [0, 0.05) is 63.8 Å². The normalized spacial score (nSPS) is 14.3. The zero-order valence-corrected chi connectivity index (χ0v) is 24.0. The molecule has 0 aliphatic carbocycles. The number of amides is 1. The Balaban J connectivity index is 1.35. The number of carbonyl (C=O) groups is 1. The van der Waals surface area contributed by atoms with Crippen LogP contribution in [0.3, 0.4) is 0 Å². The third-order valence-electron chi connectivity index (χ3n) is 6.44. The van der Waals surface area contributed by atoms with E-state index in [4.69, 9.17) is 14.7 Å². The summed E-state index contributed by atoms with van der Waals surface area (Å²) < 4.78 is 5.39. The third-order valence-corrected chi connectivity index (χ3v) is 7.35. The van der Waals surface area contributed by atoms with E-state index in [2.05, 4.69) is 65.4 Å². The Hall–Kier alpha value is -3.20. The molecule has 0 unspecified atom stereocenters. The van der Waals surface area contributed by atoms with Crippen molar-refractivity contribution in [2.24, 2.45) is 5.92 Å². The predicted octanol–water partition coefficient (Wildman–Crippen LogP) is 5.14. The van der Waals surface area contributed by atoms with E-state index in [0.717, 1.165) is 55.0 Å². The zero-order chi connectivity index (χ0) is 27.5. The molecule has 1 N–H and O–H groups in total. The van der Waals surface area contributed by atoms with E-state index in [1.54, 1.807) is 18.9 Å². The summed E-state index contributed by atoms with van der Waals surface area (Å²) in [7, 11) is 1.69. The third kappa shape index (κ3) is 9.20. The van der Waals surface area contributed by atoms with E-state index in [1.807, 2.05) is 36.4 Å². The van der Waals surface area contributed by atoms with Crippen molar-refractivity contribution in [1.82, 2.24) is 20.2 Å². The first-order valence-electron chi connectivity index (χ1n) is 13.6. The summed E-state index contributed by atoms with van der Waals surface area (Å²) in [5.41, 5.74) is 3.85. The number of carbonyl (C=O) groups excluding carboxylic acids is 1. The molecule has 2 heterocycles. The van der Waals surface area contributed by atoms with Crippen LogP contribution < -0.4 is 10.2 Å². The molecule has 0 radical (unpaired) electrons. The number of aromatic nitrogens is 2. The molecule has 0 saturated carbocycles. The Kier molecular flexibility index (Phi) is 10.9. The molecule has 39 heavy (non-hydrogen) atoms. The van der Waals surface area contributed by atoms with Crippen molar-refractivity contribution in [3.63, 3.8) is 0 Å². The van der Waals surface area contributed by atoms with E-state index < -0.39 is 0 Å². The van der Waals surface area contributed by atoms with E-state index in [1.165, 1.54) is 5.56 Å². The maximum absolute atomic E-state index is 12.5. The fourth-order valence-corrected chi connectivity index (χ4v) is 5.13. The number of piperazine rings is 1. The number of benzene rings is 2. The Morgan fingerprint density at radius 3 is 2.59 bits per heavy atom. The van der Waals surface area contributed by atoms with Crippen LogP contribution in [-0.2, 0) is 17.1 Å². The topological polar surface area (TPSA) is 70.6 Å². The van der Waals surface area contributed by atoms with Gasteiger partial charge in [0.25, 0.3) is 5.91 Å². The summed E-state index contributed by atoms with van der Waals surface area (Å²) in [4.78, 5) is 26.9. The van der Waals surface area contributed by atoms with Crippen LogP contribution in [0.5, 0.6) is 0 Å². The molecule has 3 aromatic rings. The van der Waals surface area contributed by atoms with Gasteiger partial charge in [-0.25, -0.2) is 9.97 Å². The minimum Gasteiger partial charge on any atom is -0.378 e. The fraction of sp³-hybridized carbons (Fsp3) is 0.387. The van der Waals surface area contributed by atoms with Gasteiger partial charge in [0.1, 0.15) is 5.82 Å². The van der Waals surface area contributed by atoms with Crippen LogP contribution >= 0.6 is 11.8 Å². The Morgan fingerprint density at radius 1 is 1.05 bits per heavy atom. The lowest BCUT2D eigenvalue weighted by molar-refractivity contribution is 0.0949. The molecule has 1 aromatic heterocycles. The number of ether oxygens (including phenoxy) is 1. The van der Waals surface area contributed by atoms with Gasteiger partial charge in [0.15, 0.2) is 5.16 Å². The highest BCUT2D eigenvalue weighted by Crippen LogP contribution is 2.24. The monoisotopic (exact) mass is 545 g/mol. The highest BCUT2D eigenvalue weighted by molar-refractivity contribution is 7.98. The smallest absolute Gasteiger partial charge is 0.251 e. The number of thioether (sulfide) groups is 1. The maximum Gasteiger partial charge on any atom is 0.251 e. The molecule has 8 heteroatoms. The fourth-order valence-electron chi connectivity index (χ4n) is 4.32. The van der Waals surface area contributed by atoms with Crippen LogP contribution in [0.1, 0.15) is 41.0 Å². The largest absolute Gasteiger partial charge is 0.378 e. The number of hydrogen-bond acceptors (Lipinski definition) is 7. The summed E-state index contributed by atoms with van der Waals surface area (Å²) in [6.45, 7) is 10.0. The van der Waals surface area contributed by atoms with Gasteiger partial charge < -0.3 is 15.0 Å². The lowest BCUT2D eigenvalue weighted by Gasteiger charge is -2.35. The number of anilines is 1. The highest BCUT2D eigenvalue weighted by atomic mass is 32.2. The number of hydrogen-bond donors (Lipinski definition) is 1. The summed E-state index contributed by atoms with van der Waals surface area (Å²) in [5.74, 6) is 2.01. The Bertz CT molecular complexity index is 1230. The summed E-state index contributed by atoms with van der Waals surface area (Å²) in [6.07, 6.45) is 4.43. The maximum atomic E-state index is 12.5. The van der Waals surface area contributed by atoms with Crippen molar-refractivity contribution in [2.75, 3.05) is 51.3 Å². The molecule has 1 saturated heterocycles. The van der Waals surface area contributed by atoms with Crippen molar-refractivity contribution in [3.05, 3.63) is 89.1 Å². The van der Waals surface area contributed by atoms with Gasteiger partial charge in [-0.15, -0.1) is 0 Å². The Labute approximate surface area is 236 Å². The molecular formula is C31H39N5O2S. The van der Waals surface area contributed by atoms with Gasteiger partial charge >= 0.3 is 0 Å². The lowest BCUT2D eigenvalue weighted by atomic mass is 10.1. The van der Waals surface area contributed by atoms with E-state index in [9.17, 15) is 4.79 Å². The lowest BCUT2D eigenvalue weighted by Crippen LogP contribution is -2.46. The molecule has 206 valence electrons. The Morgan fingerprint density at radius 2 is 1.85 bits per heavy atom. The van der Waals surface area contributed by atoms with Gasteiger partial charge in [-0.05, 0) is 29.2 Å². The van der Waals surface area contributed by atoms with Gasteiger partial charge in [0.05, 0.1) is 12.3 Å². The van der Waals surface area contributed by atoms with Crippen LogP contribution in [0.2, 0.25) is 0 Å². The second-order valence-corrected chi connectivity index (χ2v) is 11.1. The summed E-state index contributed by atoms with van der Waals surface area (Å²) in [6, 6.07) is 20.2. The molecule has 7 nitrogen and oxygen atoms in total. The number of rotatable bonds is 12. The van der Waals surface area contributed by atoms with Gasteiger partial charge in [-0.1, -0.05) is 80.2 Å². The summed E-state index contributed by atoms with van der Waals surface area (Å²) >= 11 is 1.58. The first-order valence-corrected chi connectivity index (χ1v) is 14.5. The van der Waals surface area contributed by atoms with Crippen LogP contribution in [0.25, 0.3) is 6.08 Å². The molecule has 4 rings (SSSR count). The number of nitrogens with zero attached hydrogens (tertiary/aromatic N) is 4. The molecule has 2 aromatic carbocycles. The second kappa shape index (κ2) is 14.8. The van der Waals surface area contributed by atoms with Crippen LogP contribution in [0, 0.1) is 5.92 Å². The SMILES string of the molecule is COCc1cc(N2CCN(CC=Cc3ccccc3)CC2)nc(SCc2cccc(C(=O)NCC(C)C)c2)n1. The highest BCUT2D eigenvalue weighted by Gasteiger charge is 2.19. The molecule has 0 atom stereocenters. The van der Waals surface area contributed by atoms with Crippen molar-refractivity contribution in [2.45, 2.75) is 31.4 Å². The minimum absolute atomic E-state index is 0.0362. The number of methoxy groups -OCH3 is 1. The van der Waals surface area contributed by atoms with Crippen LogP contribution in [0.4, 0.5) is 5.82 Å². The van der Waals surface area contributed by atoms with Crippen LogP contribution in [-0.4, -0.2) is 67.2 Å². The first kappa shape index (κ1) is 28.8. The average Bonchev–Trinajstić information content (AvgIpc) is 2.96. The molecule has 1 fully saturated rings. The zero-order valence-electron chi connectivity index (χ0n) is 23.2. The van der Waals surface area contributed by atoms with Gasteiger partial charge in [-0.3, -0.25) is 9.69 Å². The van der Waals surface area contributed by atoms with Crippen molar-refractivity contribution in [3.8, 4) is 0 Å². The van der Waals surface area contributed by atoms with Crippen LogP contribution in [0.15, 0.2) is 71.9 Å². The average molecular weight is 546 g/mol. The standard InChI is InChI=1S/C31H39N5O2S/c1-24(2)21-32-30(37)27-13-7-11-26(19-27)23-39-31-33-28(22-38-3)20-29(34-31)36-17-15-35(16-18-36)14-8-12-25-9-5-4-6-10-25/h4-13,19-20,24H,14-18,21-23H2,1-3H3,(H,32,37). The number of nitrogens with one attached hydrogen (secondary N) is 1. The van der Waals surface area contributed by atoms with Gasteiger partial charge in [-0.2, -0.15) is 0 Å². The first-order chi connectivity index (χ1) is 19.0. The van der Waals surface area contributed by atoms with Crippen molar-refractivity contribution in [1.29, 1.82) is 0 Å². The molecule has 1 aliphatic heterocycles. The molecule has 1 aliphatic rings. The molecular weight excluding hydrogens is 506 g/mol. The van der Waals surface area contributed by atoms with E-state index in [0.29, 0.717) is 30.4 Å². The van der Waals surface area contributed by atoms with E-state index >= 15 is 0 Å². The molecule has 0 spiro atoms. The quantitative estimate of drug-likeness (QED) is 0.250.